The molecule has 10 heavy (non-hydrogen) atoms. The van der Waals surface area contributed by atoms with Crippen molar-refractivity contribution >= 4 is 21.4 Å². The van der Waals surface area contributed by atoms with Crippen LogP contribution >= 0.6 is 12.6 Å². The minimum absolute atomic E-state index is 0.356. The van der Waals surface area contributed by atoms with Crippen molar-refractivity contribution in [3.05, 3.63) is 0 Å². The molecule has 2 heteroatoms. The molecule has 0 aromatic heterocycles. The van der Waals surface area contributed by atoms with Crippen LogP contribution in [0.4, 0.5) is 0 Å². The van der Waals surface area contributed by atoms with E-state index in [-0.39, 0.29) is 8.80 Å². The summed E-state index contributed by atoms with van der Waals surface area (Å²) in [6.45, 7) is 2.28. The van der Waals surface area contributed by atoms with Crippen LogP contribution in [-0.4, -0.2) is 13.7 Å². The van der Waals surface area contributed by atoms with Crippen molar-refractivity contribution in [1.29, 1.82) is 0 Å². The number of hydrogen-bond donors (Lipinski definition) is 1. The van der Waals surface area contributed by atoms with Gasteiger partial charge >= 0.3 is 0 Å². The zero-order chi connectivity index (χ0) is 7.40. The van der Waals surface area contributed by atoms with Crippen molar-refractivity contribution in [3.8, 4) is 0 Å². The van der Waals surface area contributed by atoms with Crippen molar-refractivity contribution in [2.24, 2.45) is 0 Å². The Hall–Kier alpha value is 0.567. The molecule has 60 valence electrons. The lowest BCUT2D eigenvalue weighted by Gasteiger charge is -2.24. The minimum Gasteiger partial charge on any atom is -0.179 e. The second kappa shape index (κ2) is 4.45. The number of hydrogen-bond acceptors (Lipinski definition) is 1. The molecular weight excluding hydrogens is 156 g/mol. The molecule has 0 saturated carbocycles. The zero-order valence-electron chi connectivity index (χ0n) is 6.84. The van der Waals surface area contributed by atoms with Crippen LogP contribution in [0.2, 0.25) is 12.1 Å². The molecule has 0 aromatic rings. The van der Waals surface area contributed by atoms with Crippen molar-refractivity contribution in [2.75, 3.05) is 0 Å². The van der Waals surface area contributed by atoms with Crippen LogP contribution < -0.4 is 0 Å². The Labute approximate surface area is 71.4 Å². The van der Waals surface area contributed by atoms with Crippen molar-refractivity contribution in [3.63, 3.8) is 0 Å². The Morgan fingerprint density at radius 1 is 1.30 bits per heavy atom. The fourth-order valence-electron chi connectivity index (χ4n) is 1.85. The van der Waals surface area contributed by atoms with Crippen LogP contribution in [0, 0.1) is 0 Å². The van der Waals surface area contributed by atoms with Gasteiger partial charge in [0, 0.05) is 0 Å². The zero-order valence-corrected chi connectivity index (χ0v) is 8.89. The summed E-state index contributed by atoms with van der Waals surface area (Å²) in [7, 11) is -0.356. The molecule has 0 aromatic carbocycles. The molecule has 1 heterocycles. The van der Waals surface area contributed by atoms with Crippen LogP contribution in [0.5, 0.6) is 0 Å². The van der Waals surface area contributed by atoms with Crippen LogP contribution in [-0.2, 0) is 0 Å². The third-order valence-corrected chi connectivity index (χ3v) is 8.10. The van der Waals surface area contributed by atoms with E-state index in [4.69, 9.17) is 0 Å². The van der Waals surface area contributed by atoms with Gasteiger partial charge in [0.15, 0.2) is 0 Å². The second-order valence-electron chi connectivity index (χ2n) is 3.37. The van der Waals surface area contributed by atoms with E-state index < -0.39 is 0 Å². The summed E-state index contributed by atoms with van der Waals surface area (Å²) >= 11 is 4.63. The molecule has 0 radical (unpaired) electrons. The van der Waals surface area contributed by atoms with E-state index in [2.05, 4.69) is 19.6 Å². The Morgan fingerprint density at radius 3 is 2.40 bits per heavy atom. The van der Waals surface area contributed by atoms with Gasteiger partial charge in [-0.3, -0.25) is 0 Å². The standard InChI is InChI=1S/C8H18SSi/c1-2-8(9)10-6-4-3-5-7-10/h8-10H,2-7H2,1H3. The molecule has 0 amide bonds. The molecule has 1 unspecified atom stereocenters. The highest BCUT2D eigenvalue weighted by atomic mass is 32.1. The lowest BCUT2D eigenvalue weighted by Crippen LogP contribution is -2.27. The fourth-order valence-corrected chi connectivity index (χ4v) is 6.10. The molecule has 1 atom stereocenters. The lowest BCUT2D eigenvalue weighted by atomic mass is 10.3. The van der Waals surface area contributed by atoms with E-state index in [0.717, 1.165) is 4.87 Å². The first-order valence-corrected chi connectivity index (χ1v) is 7.34. The van der Waals surface area contributed by atoms with Crippen LogP contribution in [0.1, 0.15) is 32.6 Å². The Bertz CT molecular complexity index is 89.3. The van der Waals surface area contributed by atoms with Gasteiger partial charge in [-0.25, -0.2) is 0 Å². The topological polar surface area (TPSA) is 0 Å². The van der Waals surface area contributed by atoms with Crippen LogP contribution in [0.3, 0.4) is 0 Å². The van der Waals surface area contributed by atoms with E-state index in [1.807, 2.05) is 0 Å². The van der Waals surface area contributed by atoms with Gasteiger partial charge in [-0.1, -0.05) is 38.3 Å². The van der Waals surface area contributed by atoms with Gasteiger partial charge < -0.3 is 0 Å². The molecule has 0 bridgehead atoms. The van der Waals surface area contributed by atoms with Crippen molar-refractivity contribution < 1.29 is 0 Å². The first kappa shape index (κ1) is 8.66. The SMILES string of the molecule is CCC(S)[SiH]1CCCCC1. The predicted octanol–water partition coefficient (Wildman–Crippen LogP) is 2.65. The minimum atomic E-state index is -0.356. The molecule has 0 N–H and O–H groups in total. The molecule has 1 aliphatic rings. The highest BCUT2D eigenvalue weighted by Crippen LogP contribution is 2.24. The van der Waals surface area contributed by atoms with Gasteiger partial charge in [0.1, 0.15) is 0 Å². The van der Waals surface area contributed by atoms with E-state index in [1.165, 1.54) is 25.7 Å². The average Bonchev–Trinajstić information content (AvgIpc) is 2.05. The summed E-state index contributed by atoms with van der Waals surface area (Å²) in [5, 5.41) is 0. The highest BCUT2D eigenvalue weighted by Gasteiger charge is 2.20. The Kier molecular flexibility index (Phi) is 3.85. The fraction of sp³-hybridized carbons (Fsp3) is 1.00. The third-order valence-electron chi connectivity index (χ3n) is 2.61. The smallest absolute Gasteiger partial charge is 0.0515 e. The Balaban J connectivity index is 2.24. The maximum atomic E-state index is 4.63. The Morgan fingerprint density at radius 2 is 1.90 bits per heavy atom. The van der Waals surface area contributed by atoms with Gasteiger partial charge in [-0.2, -0.15) is 12.6 Å². The summed E-state index contributed by atoms with van der Waals surface area (Å²) < 4.78 is 0. The summed E-state index contributed by atoms with van der Waals surface area (Å²) in [6, 6.07) is 3.14. The molecule has 1 saturated heterocycles. The van der Waals surface area contributed by atoms with Crippen molar-refractivity contribution in [1.82, 2.24) is 0 Å². The van der Waals surface area contributed by atoms with E-state index in [9.17, 15) is 0 Å². The van der Waals surface area contributed by atoms with Crippen LogP contribution in [0.15, 0.2) is 0 Å². The maximum absolute atomic E-state index is 4.63. The van der Waals surface area contributed by atoms with E-state index in [1.54, 1.807) is 12.1 Å². The second-order valence-corrected chi connectivity index (χ2v) is 8.08. The largest absolute Gasteiger partial charge is 0.179 e. The third kappa shape index (κ3) is 2.31. The van der Waals surface area contributed by atoms with Crippen molar-refractivity contribution in [2.45, 2.75) is 49.6 Å². The molecule has 1 aliphatic heterocycles. The number of thiol groups is 1. The molecule has 0 spiro atoms. The molecule has 1 rings (SSSR count). The first-order chi connectivity index (χ1) is 4.84. The van der Waals surface area contributed by atoms with E-state index >= 15 is 0 Å². The monoisotopic (exact) mass is 174 g/mol. The highest BCUT2D eigenvalue weighted by molar-refractivity contribution is 7.82. The predicted molar refractivity (Wildman–Crippen MR) is 53.7 cm³/mol. The van der Waals surface area contributed by atoms with E-state index in [0.29, 0.717) is 0 Å². The summed E-state index contributed by atoms with van der Waals surface area (Å²) in [6.07, 6.45) is 5.82. The van der Waals surface area contributed by atoms with Gasteiger partial charge in [0.05, 0.1) is 8.80 Å². The van der Waals surface area contributed by atoms with Gasteiger partial charge in [0.25, 0.3) is 0 Å². The molecule has 0 aliphatic carbocycles. The number of rotatable bonds is 2. The quantitative estimate of drug-likeness (QED) is 0.483. The van der Waals surface area contributed by atoms with Gasteiger partial charge in [-0.05, 0) is 11.3 Å². The normalized spacial score (nSPS) is 24.6. The summed E-state index contributed by atoms with van der Waals surface area (Å²) in [5.74, 6) is 0. The summed E-state index contributed by atoms with van der Waals surface area (Å²) in [4.78, 5) is 0.820. The first-order valence-electron chi connectivity index (χ1n) is 4.52. The maximum Gasteiger partial charge on any atom is 0.0515 e. The molecular formula is C8H18SSi. The van der Waals surface area contributed by atoms with Gasteiger partial charge in [-0.15, -0.1) is 0 Å². The lowest BCUT2D eigenvalue weighted by molar-refractivity contribution is 0.715. The summed E-state index contributed by atoms with van der Waals surface area (Å²) in [5.41, 5.74) is 0. The van der Waals surface area contributed by atoms with Crippen LogP contribution in [0.25, 0.3) is 0 Å². The molecule has 0 nitrogen and oxygen atoms in total. The molecule has 1 fully saturated rings. The average molecular weight is 174 g/mol. The van der Waals surface area contributed by atoms with Gasteiger partial charge in [0.2, 0.25) is 0 Å².